The van der Waals surface area contributed by atoms with Gasteiger partial charge in [-0.15, -0.1) is 0 Å². The molecule has 0 atom stereocenters. The van der Waals surface area contributed by atoms with Crippen LogP contribution in [0.25, 0.3) is 10.9 Å². The Labute approximate surface area is 99.7 Å². The Hall–Kier alpha value is -1.72. The molecule has 0 aliphatic heterocycles. The number of nitrogens with zero attached hydrogens (tertiary/aromatic N) is 3. The van der Waals surface area contributed by atoms with Gasteiger partial charge in [-0.3, -0.25) is 19.6 Å². The van der Waals surface area contributed by atoms with Gasteiger partial charge < -0.3 is 0 Å². The Bertz CT molecular complexity index is 562. The van der Waals surface area contributed by atoms with Gasteiger partial charge in [-0.25, -0.2) is 4.98 Å². The summed E-state index contributed by atoms with van der Waals surface area (Å²) in [5, 5.41) is 3.81. The number of hydrogen-bond donors (Lipinski definition) is 1. The molecule has 1 aromatic carbocycles. The van der Waals surface area contributed by atoms with E-state index < -0.39 is 0 Å². The van der Waals surface area contributed by atoms with Gasteiger partial charge in [0.1, 0.15) is 0 Å². The van der Waals surface area contributed by atoms with Gasteiger partial charge in [0.15, 0.2) is 0 Å². The Morgan fingerprint density at radius 1 is 1.35 bits per heavy atom. The van der Waals surface area contributed by atoms with Crippen molar-refractivity contribution in [3.8, 4) is 0 Å². The molecule has 1 aromatic heterocycles. The number of benzene rings is 1. The van der Waals surface area contributed by atoms with E-state index in [4.69, 9.17) is 0 Å². The van der Waals surface area contributed by atoms with Crippen molar-refractivity contribution in [2.24, 2.45) is 0 Å². The molecule has 0 unspecified atom stereocenters. The minimum absolute atomic E-state index is 0.0122. The van der Waals surface area contributed by atoms with Gasteiger partial charge in [0.2, 0.25) is 0 Å². The number of nitrogens with one attached hydrogen (secondary N) is 1. The van der Waals surface area contributed by atoms with Crippen molar-refractivity contribution in [1.29, 1.82) is 0 Å². The highest BCUT2D eigenvalue weighted by molar-refractivity contribution is 5.76. The van der Waals surface area contributed by atoms with Gasteiger partial charge in [-0.1, -0.05) is 12.1 Å². The number of fused-ring (bicyclic) bond motifs is 1. The first-order valence-corrected chi connectivity index (χ1v) is 5.48. The van der Waals surface area contributed by atoms with E-state index in [0.717, 1.165) is 12.2 Å². The molecule has 0 saturated carbocycles. The standard InChI is InChI=1S/C12H16N4O/c1-15(2)7-13-8-16-9-14-11-6-4-3-5-10(11)12(16)17/h3-6,9,13H,7-8H2,1-2H3. The lowest BCUT2D eigenvalue weighted by atomic mass is 10.2. The maximum atomic E-state index is 12.1. The molecule has 2 rings (SSSR count). The molecule has 2 aromatic rings. The molecule has 90 valence electrons. The second-order valence-corrected chi connectivity index (χ2v) is 4.18. The zero-order valence-corrected chi connectivity index (χ0v) is 10.1. The van der Waals surface area contributed by atoms with Crippen LogP contribution in [0.1, 0.15) is 0 Å². The van der Waals surface area contributed by atoms with E-state index in [1.54, 1.807) is 17.0 Å². The highest BCUT2D eigenvalue weighted by Crippen LogP contribution is 2.03. The normalized spacial score (nSPS) is 11.2. The average Bonchev–Trinajstić information content (AvgIpc) is 2.32. The van der Waals surface area contributed by atoms with Gasteiger partial charge in [0.05, 0.1) is 23.9 Å². The Kier molecular flexibility index (Phi) is 3.51. The van der Waals surface area contributed by atoms with E-state index in [2.05, 4.69) is 10.3 Å². The molecular formula is C12H16N4O. The number of hydrogen-bond acceptors (Lipinski definition) is 4. The van der Waals surface area contributed by atoms with E-state index in [9.17, 15) is 4.79 Å². The number of rotatable bonds is 4. The van der Waals surface area contributed by atoms with Crippen molar-refractivity contribution in [2.45, 2.75) is 6.67 Å². The van der Waals surface area contributed by atoms with Crippen LogP contribution >= 0.6 is 0 Å². The van der Waals surface area contributed by atoms with Crippen molar-refractivity contribution in [3.63, 3.8) is 0 Å². The first-order valence-electron chi connectivity index (χ1n) is 5.48. The summed E-state index contributed by atoms with van der Waals surface area (Å²) in [4.78, 5) is 18.3. The summed E-state index contributed by atoms with van der Waals surface area (Å²) in [7, 11) is 3.93. The van der Waals surface area contributed by atoms with Crippen molar-refractivity contribution in [2.75, 3.05) is 20.8 Å². The summed E-state index contributed by atoms with van der Waals surface area (Å²) in [5.41, 5.74) is 0.725. The lowest BCUT2D eigenvalue weighted by molar-refractivity contribution is 0.345. The van der Waals surface area contributed by atoms with Crippen molar-refractivity contribution in [3.05, 3.63) is 40.9 Å². The minimum atomic E-state index is -0.0122. The second kappa shape index (κ2) is 5.07. The highest BCUT2D eigenvalue weighted by atomic mass is 16.1. The summed E-state index contributed by atoms with van der Waals surface area (Å²) in [6, 6.07) is 7.37. The summed E-state index contributed by atoms with van der Waals surface area (Å²) in [6.07, 6.45) is 1.58. The van der Waals surface area contributed by atoms with Crippen molar-refractivity contribution in [1.82, 2.24) is 19.8 Å². The van der Waals surface area contributed by atoms with E-state index in [1.807, 2.05) is 37.2 Å². The second-order valence-electron chi connectivity index (χ2n) is 4.18. The number of para-hydroxylation sites is 1. The fourth-order valence-corrected chi connectivity index (χ4v) is 1.61. The van der Waals surface area contributed by atoms with Gasteiger partial charge in [0.25, 0.3) is 5.56 Å². The number of aromatic nitrogens is 2. The highest BCUT2D eigenvalue weighted by Gasteiger charge is 2.02. The van der Waals surface area contributed by atoms with E-state index in [1.165, 1.54) is 0 Å². The molecule has 0 fully saturated rings. The SMILES string of the molecule is CN(C)CNCn1cnc2ccccc2c1=O. The van der Waals surface area contributed by atoms with Gasteiger partial charge in [0, 0.05) is 6.67 Å². The monoisotopic (exact) mass is 232 g/mol. The minimum Gasteiger partial charge on any atom is -0.297 e. The predicted molar refractivity (Wildman–Crippen MR) is 67.7 cm³/mol. The van der Waals surface area contributed by atoms with Crippen LogP contribution in [0.3, 0.4) is 0 Å². The van der Waals surface area contributed by atoms with E-state index in [0.29, 0.717) is 12.1 Å². The van der Waals surface area contributed by atoms with Crippen LogP contribution in [-0.2, 0) is 6.67 Å². The molecule has 0 amide bonds. The van der Waals surface area contributed by atoms with Crippen LogP contribution in [0.15, 0.2) is 35.4 Å². The van der Waals surface area contributed by atoms with E-state index in [-0.39, 0.29) is 5.56 Å². The van der Waals surface area contributed by atoms with Gasteiger partial charge >= 0.3 is 0 Å². The third kappa shape index (κ3) is 2.69. The summed E-state index contributed by atoms with van der Waals surface area (Å²) < 4.78 is 1.58. The molecule has 0 aliphatic rings. The molecule has 1 N–H and O–H groups in total. The van der Waals surface area contributed by atoms with Crippen LogP contribution < -0.4 is 10.9 Å². The fraction of sp³-hybridized carbons (Fsp3) is 0.333. The Morgan fingerprint density at radius 2 is 2.12 bits per heavy atom. The molecule has 0 saturated heterocycles. The molecule has 17 heavy (non-hydrogen) atoms. The van der Waals surface area contributed by atoms with Gasteiger partial charge in [-0.2, -0.15) is 0 Å². The van der Waals surface area contributed by atoms with Crippen LogP contribution in [0.5, 0.6) is 0 Å². The summed E-state index contributed by atoms with van der Waals surface area (Å²) >= 11 is 0. The molecule has 5 heteroatoms. The largest absolute Gasteiger partial charge is 0.297 e. The topological polar surface area (TPSA) is 50.2 Å². The predicted octanol–water partition coefficient (Wildman–Crippen LogP) is 0.463. The molecule has 0 radical (unpaired) electrons. The van der Waals surface area contributed by atoms with Crippen LogP contribution in [0.2, 0.25) is 0 Å². The zero-order chi connectivity index (χ0) is 12.3. The van der Waals surface area contributed by atoms with Crippen molar-refractivity contribution >= 4 is 10.9 Å². The molecule has 0 bridgehead atoms. The smallest absolute Gasteiger partial charge is 0.262 e. The Balaban J connectivity index is 2.24. The third-order valence-corrected chi connectivity index (χ3v) is 2.44. The lowest BCUT2D eigenvalue weighted by Gasteiger charge is -2.12. The van der Waals surface area contributed by atoms with Crippen molar-refractivity contribution < 1.29 is 0 Å². The van der Waals surface area contributed by atoms with E-state index >= 15 is 0 Å². The molecule has 5 nitrogen and oxygen atoms in total. The first-order chi connectivity index (χ1) is 8.18. The molecular weight excluding hydrogens is 216 g/mol. The average molecular weight is 232 g/mol. The molecule has 1 heterocycles. The zero-order valence-electron chi connectivity index (χ0n) is 10.1. The van der Waals surface area contributed by atoms with Crippen LogP contribution in [-0.4, -0.2) is 35.2 Å². The lowest BCUT2D eigenvalue weighted by Crippen LogP contribution is -2.33. The fourth-order valence-electron chi connectivity index (χ4n) is 1.61. The molecule has 0 aliphatic carbocycles. The van der Waals surface area contributed by atoms with Crippen LogP contribution in [0.4, 0.5) is 0 Å². The quantitative estimate of drug-likeness (QED) is 0.778. The van der Waals surface area contributed by atoms with Gasteiger partial charge in [-0.05, 0) is 26.2 Å². The summed E-state index contributed by atoms with van der Waals surface area (Å²) in [5.74, 6) is 0. The Morgan fingerprint density at radius 3 is 2.88 bits per heavy atom. The first kappa shape index (κ1) is 11.8. The maximum Gasteiger partial charge on any atom is 0.262 e. The molecule has 0 spiro atoms. The van der Waals surface area contributed by atoms with Crippen LogP contribution in [0, 0.1) is 0 Å². The summed E-state index contributed by atoms with van der Waals surface area (Å²) in [6.45, 7) is 1.19. The maximum absolute atomic E-state index is 12.1. The third-order valence-electron chi connectivity index (χ3n) is 2.44.